The summed E-state index contributed by atoms with van der Waals surface area (Å²) < 4.78 is 1.69. The highest BCUT2D eigenvalue weighted by molar-refractivity contribution is 5.74. The van der Waals surface area contributed by atoms with E-state index in [-0.39, 0.29) is 5.56 Å². The molecule has 0 aliphatic heterocycles. The third-order valence-electron chi connectivity index (χ3n) is 3.27. The highest BCUT2D eigenvalue weighted by Crippen LogP contribution is 2.12. The molecule has 0 aliphatic rings. The predicted octanol–water partition coefficient (Wildman–Crippen LogP) is 2.27. The van der Waals surface area contributed by atoms with Crippen LogP contribution >= 0.6 is 0 Å². The maximum atomic E-state index is 12.1. The van der Waals surface area contributed by atoms with E-state index in [1.54, 1.807) is 10.8 Å². The van der Waals surface area contributed by atoms with Gasteiger partial charge in [-0.05, 0) is 31.2 Å². The zero-order valence-corrected chi connectivity index (χ0v) is 11.8. The van der Waals surface area contributed by atoms with Crippen LogP contribution in [0, 0.1) is 0 Å². The number of para-hydroxylation sites is 2. The van der Waals surface area contributed by atoms with Crippen molar-refractivity contribution in [3.63, 3.8) is 0 Å². The second-order valence-corrected chi connectivity index (χ2v) is 4.74. The number of fused-ring (bicyclic) bond motifs is 1. The standard InChI is InChI=1S/C16H16N4O/c1-2-17-12-7-8-18-13(9-12)11-20-15-6-4-3-5-14(15)19-10-16(20)21/h3-10H,2,11H2,1H3,(H,17,18). The topological polar surface area (TPSA) is 59.8 Å². The van der Waals surface area contributed by atoms with Gasteiger partial charge in [0.05, 0.1) is 29.5 Å². The molecule has 0 spiro atoms. The summed E-state index contributed by atoms with van der Waals surface area (Å²) in [5.41, 5.74) is 3.35. The molecule has 0 bridgehead atoms. The Hall–Kier alpha value is -2.69. The Balaban J connectivity index is 2.03. The van der Waals surface area contributed by atoms with Crippen molar-refractivity contribution in [3.05, 3.63) is 64.8 Å². The van der Waals surface area contributed by atoms with Gasteiger partial charge in [0.1, 0.15) is 0 Å². The van der Waals surface area contributed by atoms with Crippen molar-refractivity contribution < 1.29 is 0 Å². The number of pyridine rings is 1. The van der Waals surface area contributed by atoms with Crippen molar-refractivity contribution in [1.82, 2.24) is 14.5 Å². The summed E-state index contributed by atoms with van der Waals surface area (Å²) in [7, 11) is 0. The SMILES string of the molecule is CCNc1ccnc(Cn2c(=O)cnc3ccccc32)c1. The number of hydrogen-bond donors (Lipinski definition) is 1. The third kappa shape index (κ3) is 2.76. The highest BCUT2D eigenvalue weighted by Gasteiger charge is 2.05. The molecule has 1 N–H and O–H groups in total. The summed E-state index contributed by atoms with van der Waals surface area (Å²) in [4.78, 5) is 20.6. The van der Waals surface area contributed by atoms with Gasteiger partial charge in [-0.1, -0.05) is 12.1 Å². The highest BCUT2D eigenvalue weighted by atomic mass is 16.1. The molecule has 0 fully saturated rings. The molecular weight excluding hydrogens is 264 g/mol. The van der Waals surface area contributed by atoms with Gasteiger partial charge >= 0.3 is 0 Å². The molecule has 1 aromatic carbocycles. The molecule has 0 aliphatic carbocycles. The van der Waals surface area contributed by atoms with Crippen LogP contribution < -0.4 is 10.9 Å². The van der Waals surface area contributed by atoms with Crippen LogP contribution in [0.1, 0.15) is 12.6 Å². The lowest BCUT2D eigenvalue weighted by Crippen LogP contribution is -2.21. The minimum absolute atomic E-state index is 0.121. The van der Waals surface area contributed by atoms with Crippen molar-refractivity contribution >= 4 is 16.7 Å². The Morgan fingerprint density at radius 2 is 2.05 bits per heavy atom. The summed E-state index contributed by atoms with van der Waals surface area (Å²) in [6.45, 7) is 3.32. The van der Waals surface area contributed by atoms with Gasteiger partial charge in [-0.15, -0.1) is 0 Å². The number of anilines is 1. The summed E-state index contributed by atoms with van der Waals surface area (Å²) in [6.07, 6.45) is 3.11. The zero-order valence-electron chi connectivity index (χ0n) is 11.8. The van der Waals surface area contributed by atoms with Crippen molar-refractivity contribution in [2.75, 3.05) is 11.9 Å². The van der Waals surface area contributed by atoms with E-state index in [9.17, 15) is 4.79 Å². The fourth-order valence-electron chi connectivity index (χ4n) is 2.32. The number of rotatable bonds is 4. The van der Waals surface area contributed by atoms with Crippen molar-refractivity contribution in [3.8, 4) is 0 Å². The molecule has 2 aromatic heterocycles. The molecule has 5 nitrogen and oxygen atoms in total. The van der Waals surface area contributed by atoms with Gasteiger partial charge < -0.3 is 5.32 Å². The zero-order chi connectivity index (χ0) is 14.7. The molecule has 3 aromatic rings. The lowest BCUT2D eigenvalue weighted by molar-refractivity contribution is 0.765. The minimum Gasteiger partial charge on any atom is -0.385 e. The molecule has 0 unspecified atom stereocenters. The molecule has 0 saturated carbocycles. The van der Waals surface area contributed by atoms with E-state index in [4.69, 9.17) is 0 Å². The third-order valence-corrected chi connectivity index (χ3v) is 3.27. The smallest absolute Gasteiger partial charge is 0.269 e. The van der Waals surface area contributed by atoms with Gasteiger partial charge in [-0.25, -0.2) is 4.98 Å². The second-order valence-electron chi connectivity index (χ2n) is 4.74. The normalized spacial score (nSPS) is 10.7. The van der Waals surface area contributed by atoms with E-state index in [2.05, 4.69) is 15.3 Å². The maximum Gasteiger partial charge on any atom is 0.269 e. The summed E-state index contributed by atoms with van der Waals surface area (Å²) in [5.74, 6) is 0. The van der Waals surface area contributed by atoms with Gasteiger partial charge in [0.15, 0.2) is 0 Å². The predicted molar refractivity (Wildman–Crippen MR) is 83.5 cm³/mol. The number of nitrogens with one attached hydrogen (secondary N) is 1. The first-order valence-electron chi connectivity index (χ1n) is 6.91. The number of hydrogen-bond acceptors (Lipinski definition) is 4. The lowest BCUT2D eigenvalue weighted by Gasteiger charge is -2.10. The van der Waals surface area contributed by atoms with Crippen LogP contribution in [0.15, 0.2) is 53.6 Å². The van der Waals surface area contributed by atoms with Gasteiger partial charge in [0, 0.05) is 18.4 Å². The Morgan fingerprint density at radius 3 is 2.90 bits per heavy atom. The Labute approximate surface area is 122 Å². The number of benzene rings is 1. The fraction of sp³-hybridized carbons (Fsp3) is 0.188. The lowest BCUT2D eigenvalue weighted by atomic mass is 10.2. The first-order chi connectivity index (χ1) is 10.3. The van der Waals surface area contributed by atoms with Gasteiger partial charge in [0.25, 0.3) is 5.56 Å². The molecule has 0 amide bonds. The average molecular weight is 280 g/mol. The Bertz CT molecular complexity index is 826. The van der Waals surface area contributed by atoms with Crippen LogP contribution in [0.5, 0.6) is 0 Å². The van der Waals surface area contributed by atoms with E-state index >= 15 is 0 Å². The molecule has 5 heteroatoms. The van der Waals surface area contributed by atoms with Crippen LogP contribution in [0.4, 0.5) is 5.69 Å². The van der Waals surface area contributed by atoms with E-state index < -0.39 is 0 Å². The minimum atomic E-state index is -0.121. The molecule has 0 radical (unpaired) electrons. The second kappa shape index (κ2) is 5.75. The Morgan fingerprint density at radius 1 is 1.19 bits per heavy atom. The summed E-state index contributed by atoms with van der Waals surface area (Å²) >= 11 is 0. The average Bonchev–Trinajstić information content (AvgIpc) is 2.51. The fourth-order valence-corrected chi connectivity index (χ4v) is 2.32. The summed E-state index contributed by atoms with van der Waals surface area (Å²) in [5, 5.41) is 3.25. The number of aromatic nitrogens is 3. The quantitative estimate of drug-likeness (QED) is 0.796. The van der Waals surface area contributed by atoms with Crippen LogP contribution in [-0.4, -0.2) is 21.1 Å². The molecule has 21 heavy (non-hydrogen) atoms. The molecular formula is C16H16N4O. The van der Waals surface area contributed by atoms with Crippen molar-refractivity contribution in [2.45, 2.75) is 13.5 Å². The van der Waals surface area contributed by atoms with Gasteiger partial charge in [-0.2, -0.15) is 0 Å². The molecule has 3 rings (SSSR count). The number of nitrogens with zero attached hydrogens (tertiary/aromatic N) is 3. The van der Waals surface area contributed by atoms with Gasteiger partial charge in [-0.3, -0.25) is 14.3 Å². The van der Waals surface area contributed by atoms with E-state index in [1.165, 1.54) is 6.20 Å². The van der Waals surface area contributed by atoms with Gasteiger partial charge in [0.2, 0.25) is 0 Å². The van der Waals surface area contributed by atoms with Crippen LogP contribution in [0.2, 0.25) is 0 Å². The summed E-state index contributed by atoms with van der Waals surface area (Å²) in [6, 6.07) is 11.5. The first-order valence-corrected chi connectivity index (χ1v) is 6.91. The molecule has 2 heterocycles. The van der Waals surface area contributed by atoms with E-state index in [0.717, 1.165) is 29.0 Å². The van der Waals surface area contributed by atoms with E-state index in [1.807, 2.05) is 43.3 Å². The van der Waals surface area contributed by atoms with Crippen LogP contribution in [0.25, 0.3) is 11.0 Å². The van der Waals surface area contributed by atoms with Crippen LogP contribution in [0.3, 0.4) is 0 Å². The monoisotopic (exact) mass is 280 g/mol. The van der Waals surface area contributed by atoms with Crippen LogP contribution in [-0.2, 0) is 6.54 Å². The first kappa shape index (κ1) is 13.3. The molecule has 106 valence electrons. The molecule has 0 atom stereocenters. The maximum absolute atomic E-state index is 12.1. The van der Waals surface area contributed by atoms with Crippen molar-refractivity contribution in [2.24, 2.45) is 0 Å². The largest absolute Gasteiger partial charge is 0.385 e. The van der Waals surface area contributed by atoms with E-state index in [0.29, 0.717) is 6.54 Å². The molecule has 0 saturated heterocycles. The van der Waals surface area contributed by atoms with Crippen molar-refractivity contribution in [1.29, 1.82) is 0 Å². The Kier molecular flexibility index (Phi) is 3.64.